The van der Waals surface area contributed by atoms with Crippen LogP contribution in [0.15, 0.2) is 24.3 Å². The highest BCUT2D eigenvalue weighted by atomic mass is 16.5. The minimum atomic E-state index is -0.253. The van der Waals surface area contributed by atoms with Gasteiger partial charge in [0.1, 0.15) is 5.75 Å². The van der Waals surface area contributed by atoms with Crippen molar-refractivity contribution >= 4 is 17.7 Å². The second-order valence-electron chi connectivity index (χ2n) is 4.50. The summed E-state index contributed by atoms with van der Waals surface area (Å²) in [5.41, 5.74) is 0.678. The monoisotopic (exact) mass is 294 g/mol. The number of hydrogen-bond acceptors (Lipinski definition) is 4. The number of hydrogen-bond donors (Lipinski definition) is 2. The average molecular weight is 294 g/mol. The van der Waals surface area contributed by atoms with Gasteiger partial charge in [0, 0.05) is 24.7 Å². The molecule has 0 spiro atoms. The summed E-state index contributed by atoms with van der Waals surface area (Å²) in [6.07, 6.45) is 2.88. The van der Waals surface area contributed by atoms with Crippen LogP contribution in [0.1, 0.15) is 25.7 Å². The molecule has 21 heavy (non-hydrogen) atoms. The Labute approximate surface area is 124 Å². The Balaban J connectivity index is 2.15. The van der Waals surface area contributed by atoms with Gasteiger partial charge in [0.15, 0.2) is 0 Å². The van der Waals surface area contributed by atoms with E-state index in [4.69, 9.17) is 4.74 Å². The Morgan fingerprint density at radius 3 is 2.67 bits per heavy atom. The van der Waals surface area contributed by atoms with Crippen LogP contribution in [-0.4, -0.2) is 32.8 Å². The molecule has 0 saturated carbocycles. The zero-order valence-electron chi connectivity index (χ0n) is 12.5. The SMILES string of the molecule is COC(=O)CCCCCNC(=O)Nc1cccc(OC)c1. The van der Waals surface area contributed by atoms with Crippen molar-refractivity contribution in [2.75, 3.05) is 26.1 Å². The van der Waals surface area contributed by atoms with Gasteiger partial charge in [-0.2, -0.15) is 0 Å². The summed E-state index contributed by atoms with van der Waals surface area (Å²) in [6.45, 7) is 0.566. The fourth-order valence-corrected chi connectivity index (χ4v) is 1.75. The van der Waals surface area contributed by atoms with Crippen LogP contribution in [0.4, 0.5) is 10.5 Å². The van der Waals surface area contributed by atoms with E-state index in [9.17, 15) is 9.59 Å². The van der Waals surface area contributed by atoms with Gasteiger partial charge in [-0.3, -0.25) is 4.79 Å². The number of rotatable bonds is 8. The van der Waals surface area contributed by atoms with Crippen molar-refractivity contribution in [1.29, 1.82) is 0 Å². The second-order valence-corrected chi connectivity index (χ2v) is 4.50. The van der Waals surface area contributed by atoms with E-state index < -0.39 is 0 Å². The number of amides is 2. The minimum Gasteiger partial charge on any atom is -0.497 e. The number of unbranched alkanes of at least 4 members (excludes halogenated alkanes) is 2. The Hall–Kier alpha value is -2.24. The maximum atomic E-state index is 11.7. The van der Waals surface area contributed by atoms with Crippen LogP contribution in [0.25, 0.3) is 0 Å². The zero-order chi connectivity index (χ0) is 15.5. The molecular formula is C15H22N2O4. The van der Waals surface area contributed by atoms with Crippen molar-refractivity contribution in [3.05, 3.63) is 24.3 Å². The lowest BCUT2D eigenvalue weighted by Crippen LogP contribution is -2.29. The van der Waals surface area contributed by atoms with Gasteiger partial charge in [-0.25, -0.2) is 4.79 Å². The fraction of sp³-hybridized carbons (Fsp3) is 0.467. The highest BCUT2D eigenvalue weighted by molar-refractivity contribution is 5.89. The lowest BCUT2D eigenvalue weighted by atomic mass is 10.2. The molecule has 6 nitrogen and oxygen atoms in total. The number of carbonyl (C=O) groups is 2. The van der Waals surface area contributed by atoms with E-state index in [2.05, 4.69) is 15.4 Å². The first-order valence-corrected chi connectivity index (χ1v) is 6.91. The molecule has 0 aliphatic heterocycles. The molecule has 0 aliphatic rings. The van der Waals surface area contributed by atoms with Crippen molar-refractivity contribution in [1.82, 2.24) is 5.32 Å². The largest absolute Gasteiger partial charge is 0.497 e. The highest BCUT2D eigenvalue weighted by Gasteiger charge is 2.03. The van der Waals surface area contributed by atoms with E-state index in [0.29, 0.717) is 24.4 Å². The maximum absolute atomic E-state index is 11.7. The number of carbonyl (C=O) groups excluding carboxylic acids is 2. The van der Waals surface area contributed by atoms with E-state index >= 15 is 0 Å². The number of nitrogens with one attached hydrogen (secondary N) is 2. The Morgan fingerprint density at radius 2 is 1.95 bits per heavy atom. The third-order valence-electron chi connectivity index (χ3n) is 2.90. The Morgan fingerprint density at radius 1 is 1.14 bits per heavy atom. The molecule has 116 valence electrons. The molecule has 0 saturated heterocycles. The maximum Gasteiger partial charge on any atom is 0.319 e. The number of esters is 1. The topological polar surface area (TPSA) is 76.7 Å². The Bertz CT molecular complexity index is 463. The summed E-state index contributed by atoms with van der Waals surface area (Å²) in [4.78, 5) is 22.6. The van der Waals surface area contributed by atoms with Gasteiger partial charge in [-0.15, -0.1) is 0 Å². The summed E-state index contributed by atoms with van der Waals surface area (Å²) < 4.78 is 9.63. The average Bonchev–Trinajstić information content (AvgIpc) is 2.50. The molecule has 0 atom stereocenters. The molecule has 0 heterocycles. The molecular weight excluding hydrogens is 272 g/mol. The van der Waals surface area contributed by atoms with Crippen molar-refractivity contribution in [3.8, 4) is 5.75 Å². The van der Waals surface area contributed by atoms with Gasteiger partial charge in [-0.1, -0.05) is 12.5 Å². The minimum absolute atomic E-state index is 0.196. The molecule has 1 aromatic carbocycles. The van der Waals surface area contributed by atoms with Gasteiger partial charge in [0.2, 0.25) is 0 Å². The predicted molar refractivity (Wildman–Crippen MR) is 80.5 cm³/mol. The summed E-state index contributed by atoms with van der Waals surface area (Å²) in [6, 6.07) is 6.90. The molecule has 2 amide bonds. The van der Waals surface area contributed by atoms with Crippen LogP contribution in [0, 0.1) is 0 Å². The molecule has 0 fully saturated rings. The van der Waals surface area contributed by atoms with Gasteiger partial charge in [0.05, 0.1) is 14.2 Å². The van der Waals surface area contributed by atoms with Crippen LogP contribution in [0.3, 0.4) is 0 Å². The molecule has 0 unspecified atom stereocenters. The van der Waals surface area contributed by atoms with Gasteiger partial charge >= 0.3 is 12.0 Å². The van der Waals surface area contributed by atoms with E-state index in [-0.39, 0.29) is 12.0 Å². The van der Waals surface area contributed by atoms with Crippen LogP contribution in [-0.2, 0) is 9.53 Å². The number of anilines is 1. The van der Waals surface area contributed by atoms with Crippen LogP contribution in [0.2, 0.25) is 0 Å². The van der Waals surface area contributed by atoms with Crippen LogP contribution >= 0.6 is 0 Å². The first-order chi connectivity index (χ1) is 10.2. The van der Waals surface area contributed by atoms with Crippen LogP contribution in [0.5, 0.6) is 5.75 Å². The molecule has 6 heteroatoms. The van der Waals surface area contributed by atoms with E-state index in [1.165, 1.54) is 7.11 Å². The molecule has 1 aromatic rings. The van der Waals surface area contributed by atoms with E-state index in [1.54, 1.807) is 25.3 Å². The molecule has 2 N–H and O–H groups in total. The van der Waals surface area contributed by atoms with Crippen molar-refractivity contribution in [2.45, 2.75) is 25.7 Å². The lowest BCUT2D eigenvalue weighted by Gasteiger charge is -2.08. The summed E-state index contributed by atoms with van der Waals surface area (Å²) >= 11 is 0. The van der Waals surface area contributed by atoms with Crippen molar-refractivity contribution in [2.24, 2.45) is 0 Å². The normalized spacial score (nSPS) is 9.81. The summed E-state index contributed by atoms with van der Waals surface area (Å²) in [5.74, 6) is 0.495. The molecule has 0 aromatic heterocycles. The third-order valence-corrected chi connectivity index (χ3v) is 2.90. The summed E-state index contributed by atoms with van der Waals surface area (Å²) in [7, 11) is 2.96. The predicted octanol–water partition coefficient (Wildman–Crippen LogP) is 2.55. The van der Waals surface area contributed by atoms with Crippen LogP contribution < -0.4 is 15.4 Å². The standard InChI is InChI=1S/C15H22N2O4/c1-20-13-8-6-7-12(11-13)17-15(19)16-10-5-3-4-9-14(18)21-2/h6-8,11H,3-5,9-10H2,1-2H3,(H2,16,17,19). The quantitative estimate of drug-likeness (QED) is 0.570. The van der Waals surface area contributed by atoms with Gasteiger partial charge < -0.3 is 20.1 Å². The highest BCUT2D eigenvalue weighted by Crippen LogP contribution is 2.16. The number of methoxy groups -OCH3 is 2. The number of benzene rings is 1. The molecule has 1 rings (SSSR count). The summed E-state index contributed by atoms with van der Waals surface area (Å²) in [5, 5.41) is 5.49. The first-order valence-electron chi connectivity index (χ1n) is 6.91. The van der Waals surface area contributed by atoms with E-state index in [1.807, 2.05) is 6.07 Å². The smallest absolute Gasteiger partial charge is 0.319 e. The van der Waals surface area contributed by atoms with Crippen molar-refractivity contribution < 1.29 is 19.1 Å². The lowest BCUT2D eigenvalue weighted by molar-refractivity contribution is -0.140. The fourth-order valence-electron chi connectivity index (χ4n) is 1.75. The number of ether oxygens (including phenoxy) is 2. The van der Waals surface area contributed by atoms with Gasteiger partial charge in [0.25, 0.3) is 0 Å². The molecule has 0 radical (unpaired) electrons. The zero-order valence-corrected chi connectivity index (χ0v) is 12.5. The molecule has 0 bridgehead atoms. The second kappa shape index (κ2) is 9.63. The van der Waals surface area contributed by atoms with Gasteiger partial charge in [-0.05, 0) is 25.0 Å². The first kappa shape index (κ1) is 16.8. The van der Waals surface area contributed by atoms with E-state index in [0.717, 1.165) is 19.3 Å². The Kier molecular flexibility index (Phi) is 7.71. The number of urea groups is 1. The van der Waals surface area contributed by atoms with Crippen molar-refractivity contribution in [3.63, 3.8) is 0 Å². The third kappa shape index (κ3) is 7.20. The molecule has 0 aliphatic carbocycles.